The van der Waals surface area contributed by atoms with Gasteiger partial charge in [-0.25, -0.2) is 13.5 Å². The molecule has 3 atom stereocenters. The van der Waals surface area contributed by atoms with Crippen molar-refractivity contribution < 1.29 is 13.5 Å². The average Bonchev–Trinajstić information content (AvgIpc) is 3.11. The summed E-state index contributed by atoms with van der Waals surface area (Å²) in [5.41, 5.74) is 0.622. The van der Waals surface area contributed by atoms with E-state index in [4.69, 9.17) is 4.74 Å². The fraction of sp³-hybridized carbons (Fsp3) is 0.500. The molecule has 1 aliphatic heterocycles. The molecule has 118 valence electrons. The highest BCUT2D eigenvalue weighted by molar-refractivity contribution is 5.22. The largest absolute Gasteiger partial charge is 0.372 e. The normalized spacial score (nSPS) is 22.9. The van der Waals surface area contributed by atoms with Crippen LogP contribution < -0.4 is 5.32 Å². The van der Waals surface area contributed by atoms with Gasteiger partial charge in [0.25, 0.3) is 0 Å². The maximum atomic E-state index is 13.4. The second-order valence-corrected chi connectivity index (χ2v) is 5.41. The van der Waals surface area contributed by atoms with Crippen LogP contribution in [0.3, 0.4) is 0 Å². The predicted molar refractivity (Wildman–Crippen MR) is 73.8 cm³/mol. The molecule has 0 saturated carbocycles. The van der Waals surface area contributed by atoms with Crippen LogP contribution in [0.15, 0.2) is 18.2 Å². The molecule has 0 radical (unpaired) electrons. The Labute approximate surface area is 126 Å². The quantitative estimate of drug-likeness (QED) is 0.930. The minimum absolute atomic E-state index is 0.0171. The maximum Gasteiger partial charge on any atom is 0.167 e. The van der Waals surface area contributed by atoms with E-state index in [0.717, 1.165) is 12.5 Å². The van der Waals surface area contributed by atoms with Crippen molar-refractivity contribution in [2.45, 2.75) is 31.5 Å². The molecule has 3 rings (SSSR count). The number of ether oxygens (including phenoxy) is 1. The van der Waals surface area contributed by atoms with E-state index in [9.17, 15) is 8.78 Å². The number of hydrogen-bond donors (Lipinski definition) is 1. The molecule has 2 heterocycles. The number of halogens is 2. The SMILES string of the molecule is CC(NC1CCOC1c1ccc(F)c(F)c1)c1nnnn1C. The molecule has 22 heavy (non-hydrogen) atoms. The summed E-state index contributed by atoms with van der Waals surface area (Å²) < 4.78 is 33.8. The van der Waals surface area contributed by atoms with Crippen molar-refractivity contribution in [3.8, 4) is 0 Å². The molecule has 0 amide bonds. The fourth-order valence-electron chi connectivity index (χ4n) is 2.78. The van der Waals surface area contributed by atoms with Gasteiger partial charge in [0.05, 0.1) is 12.1 Å². The highest BCUT2D eigenvalue weighted by Crippen LogP contribution is 2.31. The molecular weight excluding hydrogens is 292 g/mol. The third-order valence-corrected chi connectivity index (χ3v) is 3.87. The van der Waals surface area contributed by atoms with Crippen LogP contribution in [0.5, 0.6) is 0 Å². The van der Waals surface area contributed by atoms with Gasteiger partial charge in [-0.15, -0.1) is 5.10 Å². The third-order valence-electron chi connectivity index (χ3n) is 3.87. The van der Waals surface area contributed by atoms with Gasteiger partial charge in [0.2, 0.25) is 0 Å². The first-order valence-electron chi connectivity index (χ1n) is 7.11. The van der Waals surface area contributed by atoms with Gasteiger partial charge in [0, 0.05) is 19.7 Å². The zero-order valence-electron chi connectivity index (χ0n) is 12.3. The molecule has 0 aliphatic carbocycles. The summed E-state index contributed by atoms with van der Waals surface area (Å²) in [6, 6.07) is 3.77. The molecule has 2 aromatic rings. The maximum absolute atomic E-state index is 13.4. The zero-order valence-corrected chi connectivity index (χ0v) is 12.3. The molecular formula is C14H17F2N5O. The van der Waals surface area contributed by atoms with Crippen LogP contribution in [-0.4, -0.2) is 32.9 Å². The molecule has 8 heteroatoms. The summed E-state index contributed by atoms with van der Waals surface area (Å²) in [4.78, 5) is 0. The first-order chi connectivity index (χ1) is 10.6. The number of hydrogen-bond acceptors (Lipinski definition) is 5. The molecule has 1 aromatic heterocycles. The highest BCUT2D eigenvalue weighted by atomic mass is 19.2. The van der Waals surface area contributed by atoms with E-state index in [2.05, 4.69) is 20.8 Å². The van der Waals surface area contributed by atoms with Crippen LogP contribution in [0.4, 0.5) is 8.78 Å². The Morgan fingerprint density at radius 2 is 2.18 bits per heavy atom. The predicted octanol–water partition coefficient (Wildman–Crippen LogP) is 1.67. The standard InChI is InChI=1S/C14H17F2N5O/c1-8(14-18-19-20-21(14)2)17-12-5-6-22-13(12)9-3-4-10(15)11(16)7-9/h3-4,7-8,12-13,17H,5-6H2,1-2H3. The van der Waals surface area contributed by atoms with E-state index in [1.165, 1.54) is 6.07 Å². The van der Waals surface area contributed by atoms with Crippen molar-refractivity contribution in [3.63, 3.8) is 0 Å². The van der Waals surface area contributed by atoms with E-state index >= 15 is 0 Å². The summed E-state index contributed by atoms with van der Waals surface area (Å²) in [7, 11) is 1.77. The second-order valence-electron chi connectivity index (χ2n) is 5.41. The lowest BCUT2D eigenvalue weighted by molar-refractivity contribution is 0.0961. The van der Waals surface area contributed by atoms with Gasteiger partial charge in [-0.3, -0.25) is 0 Å². The number of aromatic nitrogens is 4. The highest BCUT2D eigenvalue weighted by Gasteiger charge is 2.32. The Bertz CT molecular complexity index is 662. The summed E-state index contributed by atoms with van der Waals surface area (Å²) in [6.45, 7) is 2.51. The molecule has 3 unspecified atom stereocenters. The van der Waals surface area contributed by atoms with Crippen molar-refractivity contribution in [3.05, 3.63) is 41.2 Å². The number of aryl methyl sites for hydroxylation is 1. The smallest absolute Gasteiger partial charge is 0.167 e. The van der Waals surface area contributed by atoms with Crippen molar-refractivity contribution in [1.29, 1.82) is 0 Å². The molecule has 6 nitrogen and oxygen atoms in total. The Morgan fingerprint density at radius 3 is 2.86 bits per heavy atom. The molecule has 1 fully saturated rings. The van der Waals surface area contributed by atoms with Crippen LogP contribution in [-0.2, 0) is 11.8 Å². The topological polar surface area (TPSA) is 64.9 Å². The average molecular weight is 309 g/mol. The number of nitrogens with one attached hydrogen (secondary N) is 1. The van der Waals surface area contributed by atoms with Gasteiger partial charge in [0.1, 0.15) is 0 Å². The molecule has 0 bridgehead atoms. The zero-order chi connectivity index (χ0) is 15.7. The van der Waals surface area contributed by atoms with Crippen LogP contribution in [0.1, 0.15) is 36.9 Å². The number of tetrazole rings is 1. The number of rotatable bonds is 4. The first kappa shape index (κ1) is 15.0. The van der Waals surface area contributed by atoms with Crippen LogP contribution >= 0.6 is 0 Å². The first-order valence-corrected chi connectivity index (χ1v) is 7.11. The number of nitrogens with zero attached hydrogens (tertiary/aromatic N) is 4. The van der Waals surface area contributed by atoms with Crippen LogP contribution in [0.2, 0.25) is 0 Å². The summed E-state index contributed by atoms with van der Waals surface area (Å²) in [6.07, 6.45) is 0.456. The fourth-order valence-corrected chi connectivity index (χ4v) is 2.78. The van der Waals surface area contributed by atoms with E-state index < -0.39 is 11.6 Å². The van der Waals surface area contributed by atoms with Gasteiger partial charge in [0.15, 0.2) is 17.5 Å². The monoisotopic (exact) mass is 309 g/mol. The lowest BCUT2D eigenvalue weighted by Crippen LogP contribution is -2.35. The minimum Gasteiger partial charge on any atom is -0.372 e. The van der Waals surface area contributed by atoms with Gasteiger partial charge in [-0.05, 0) is 41.5 Å². The molecule has 1 aliphatic rings. The van der Waals surface area contributed by atoms with Crippen molar-refractivity contribution in [2.75, 3.05) is 6.61 Å². The Morgan fingerprint density at radius 1 is 1.36 bits per heavy atom. The van der Waals surface area contributed by atoms with E-state index in [1.807, 2.05) is 6.92 Å². The second kappa shape index (κ2) is 6.05. The van der Waals surface area contributed by atoms with E-state index in [-0.39, 0.29) is 18.2 Å². The van der Waals surface area contributed by atoms with Gasteiger partial charge in [-0.2, -0.15) is 0 Å². The Hall–Kier alpha value is -1.93. The lowest BCUT2D eigenvalue weighted by atomic mass is 10.0. The van der Waals surface area contributed by atoms with Gasteiger partial charge < -0.3 is 10.1 Å². The van der Waals surface area contributed by atoms with Crippen molar-refractivity contribution in [1.82, 2.24) is 25.5 Å². The van der Waals surface area contributed by atoms with E-state index in [1.54, 1.807) is 17.8 Å². The molecule has 1 saturated heterocycles. The lowest BCUT2D eigenvalue weighted by Gasteiger charge is -2.23. The molecule has 0 spiro atoms. The third kappa shape index (κ3) is 2.84. The summed E-state index contributed by atoms with van der Waals surface area (Å²) >= 11 is 0. The summed E-state index contributed by atoms with van der Waals surface area (Å²) in [5, 5.41) is 14.8. The minimum atomic E-state index is -0.864. The van der Waals surface area contributed by atoms with Crippen LogP contribution in [0, 0.1) is 11.6 Å². The Balaban J connectivity index is 1.75. The van der Waals surface area contributed by atoms with E-state index in [0.29, 0.717) is 18.0 Å². The van der Waals surface area contributed by atoms with Gasteiger partial charge >= 0.3 is 0 Å². The Kier molecular flexibility index (Phi) is 4.12. The molecule has 1 aromatic carbocycles. The number of benzene rings is 1. The van der Waals surface area contributed by atoms with Crippen molar-refractivity contribution >= 4 is 0 Å². The van der Waals surface area contributed by atoms with Crippen LogP contribution in [0.25, 0.3) is 0 Å². The molecule has 1 N–H and O–H groups in total. The van der Waals surface area contributed by atoms with Crippen molar-refractivity contribution in [2.24, 2.45) is 7.05 Å². The summed E-state index contributed by atoms with van der Waals surface area (Å²) in [5.74, 6) is -1.02. The van der Waals surface area contributed by atoms with Gasteiger partial charge in [-0.1, -0.05) is 6.07 Å².